The predicted octanol–water partition coefficient (Wildman–Crippen LogP) is 1.91. The van der Waals surface area contributed by atoms with Gasteiger partial charge in [-0.2, -0.15) is 0 Å². The number of amides is 1. The molecular weight excluding hydrogens is 242 g/mol. The first-order chi connectivity index (χ1) is 8.96. The molecule has 0 fully saturated rings. The highest BCUT2D eigenvalue weighted by atomic mass is 16.5. The fraction of sp³-hybridized carbons (Fsp3) is 0.533. The topological polar surface area (TPSA) is 58.6 Å². The Labute approximate surface area is 114 Å². The van der Waals surface area contributed by atoms with Crippen molar-refractivity contribution in [2.45, 2.75) is 39.2 Å². The van der Waals surface area contributed by atoms with E-state index in [1.165, 1.54) is 0 Å². The molecular formula is C15H23NO3. The molecule has 2 N–H and O–H groups in total. The highest BCUT2D eigenvalue weighted by Gasteiger charge is 2.18. The van der Waals surface area contributed by atoms with Crippen molar-refractivity contribution in [3.63, 3.8) is 0 Å². The van der Waals surface area contributed by atoms with Crippen molar-refractivity contribution in [2.75, 3.05) is 13.2 Å². The van der Waals surface area contributed by atoms with E-state index in [4.69, 9.17) is 4.74 Å². The number of carbonyl (C=O) groups is 1. The molecule has 1 aromatic rings. The van der Waals surface area contributed by atoms with Crippen LogP contribution < -0.4 is 10.1 Å². The van der Waals surface area contributed by atoms with E-state index in [1.54, 1.807) is 6.92 Å². The van der Waals surface area contributed by atoms with E-state index in [0.29, 0.717) is 19.4 Å². The zero-order valence-corrected chi connectivity index (χ0v) is 11.9. The van der Waals surface area contributed by atoms with Crippen molar-refractivity contribution < 1.29 is 14.6 Å². The number of hydrogen-bond donors (Lipinski definition) is 2. The van der Waals surface area contributed by atoms with Crippen molar-refractivity contribution in [1.29, 1.82) is 0 Å². The van der Waals surface area contributed by atoms with Crippen LogP contribution in [0, 0.1) is 0 Å². The molecule has 0 aliphatic heterocycles. The van der Waals surface area contributed by atoms with Gasteiger partial charge >= 0.3 is 0 Å². The molecule has 1 aromatic carbocycles. The van der Waals surface area contributed by atoms with Gasteiger partial charge in [0.1, 0.15) is 5.75 Å². The third-order valence-electron chi connectivity index (χ3n) is 3.03. The van der Waals surface area contributed by atoms with E-state index in [-0.39, 0.29) is 12.5 Å². The van der Waals surface area contributed by atoms with Gasteiger partial charge in [-0.15, -0.1) is 0 Å². The predicted molar refractivity (Wildman–Crippen MR) is 75.2 cm³/mol. The summed E-state index contributed by atoms with van der Waals surface area (Å²) in [6.45, 7) is 6.44. The fourth-order valence-corrected chi connectivity index (χ4v) is 1.53. The summed E-state index contributed by atoms with van der Waals surface area (Å²) in [5.74, 6) is 0.721. The maximum Gasteiger partial charge on any atom is 0.224 e. The van der Waals surface area contributed by atoms with E-state index in [9.17, 15) is 9.90 Å². The standard InChI is InChI=1S/C15H23NO3/c1-4-15(3,18)11-16-14(17)10-12-6-8-13(9-7-12)19-5-2/h6-9,18H,4-5,10-11H2,1-3H3,(H,16,17). The minimum atomic E-state index is -0.839. The highest BCUT2D eigenvalue weighted by Crippen LogP contribution is 2.12. The Morgan fingerprint density at radius 1 is 1.32 bits per heavy atom. The molecule has 0 saturated carbocycles. The van der Waals surface area contributed by atoms with E-state index < -0.39 is 5.60 Å². The van der Waals surface area contributed by atoms with Crippen molar-refractivity contribution in [3.05, 3.63) is 29.8 Å². The van der Waals surface area contributed by atoms with Crippen LogP contribution in [0.3, 0.4) is 0 Å². The normalized spacial score (nSPS) is 13.7. The first-order valence-electron chi connectivity index (χ1n) is 6.67. The zero-order chi connectivity index (χ0) is 14.3. The van der Waals surface area contributed by atoms with Gasteiger partial charge < -0.3 is 15.2 Å². The number of rotatable bonds is 7. The van der Waals surface area contributed by atoms with Gasteiger partial charge in [-0.1, -0.05) is 19.1 Å². The zero-order valence-electron chi connectivity index (χ0n) is 11.9. The van der Waals surface area contributed by atoms with Gasteiger partial charge in [-0.25, -0.2) is 0 Å². The number of ether oxygens (including phenoxy) is 1. The van der Waals surface area contributed by atoms with E-state index in [0.717, 1.165) is 11.3 Å². The van der Waals surface area contributed by atoms with Crippen LogP contribution in [0.2, 0.25) is 0 Å². The second-order valence-electron chi connectivity index (χ2n) is 4.88. The third-order valence-corrected chi connectivity index (χ3v) is 3.03. The molecule has 0 aliphatic rings. The lowest BCUT2D eigenvalue weighted by Crippen LogP contribution is -2.40. The molecule has 1 atom stereocenters. The van der Waals surface area contributed by atoms with Gasteiger partial charge in [0.15, 0.2) is 0 Å². The van der Waals surface area contributed by atoms with Gasteiger partial charge in [-0.3, -0.25) is 4.79 Å². The van der Waals surface area contributed by atoms with Crippen molar-refractivity contribution in [3.8, 4) is 5.75 Å². The van der Waals surface area contributed by atoms with E-state index in [1.807, 2.05) is 38.1 Å². The monoisotopic (exact) mass is 265 g/mol. The molecule has 1 rings (SSSR count). The molecule has 0 aliphatic carbocycles. The summed E-state index contributed by atoms with van der Waals surface area (Å²) < 4.78 is 5.34. The largest absolute Gasteiger partial charge is 0.494 e. The number of hydrogen-bond acceptors (Lipinski definition) is 3. The molecule has 0 bridgehead atoms. The Balaban J connectivity index is 2.44. The van der Waals surface area contributed by atoms with Crippen LogP contribution in [0.1, 0.15) is 32.8 Å². The number of nitrogens with one attached hydrogen (secondary N) is 1. The Morgan fingerprint density at radius 2 is 1.95 bits per heavy atom. The maximum atomic E-state index is 11.7. The minimum absolute atomic E-state index is 0.0853. The van der Waals surface area contributed by atoms with Crippen LogP contribution in [0.25, 0.3) is 0 Å². The molecule has 1 unspecified atom stereocenters. The molecule has 0 saturated heterocycles. The number of benzene rings is 1. The quantitative estimate of drug-likeness (QED) is 0.791. The fourth-order valence-electron chi connectivity index (χ4n) is 1.53. The van der Waals surface area contributed by atoms with Crippen LogP contribution in [0.4, 0.5) is 0 Å². The lowest BCUT2D eigenvalue weighted by molar-refractivity contribution is -0.121. The van der Waals surface area contributed by atoms with E-state index in [2.05, 4.69) is 5.32 Å². The van der Waals surface area contributed by atoms with Gasteiger partial charge in [0, 0.05) is 6.54 Å². The second-order valence-corrected chi connectivity index (χ2v) is 4.88. The molecule has 4 heteroatoms. The maximum absolute atomic E-state index is 11.7. The first kappa shape index (κ1) is 15.5. The summed E-state index contributed by atoms with van der Waals surface area (Å²) in [5, 5.41) is 12.5. The summed E-state index contributed by atoms with van der Waals surface area (Å²) in [5.41, 5.74) is 0.0891. The smallest absolute Gasteiger partial charge is 0.224 e. The summed E-state index contributed by atoms with van der Waals surface area (Å²) in [6, 6.07) is 7.47. The Morgan fingerprint density at radius 3 is 2.47 bits per heavy atom. The van der Waals surface area contributed by atoms with Gasteiger partial charge in [0.05, 0.1) is 18.6 Å². The highest BCUT2D eigenvalue weighted by molar-refractivity contribution is 5.78. The molecule has 4 nitrogen and oxygen atoms in total. The number of carbonyl (C=O) groups excluding carboxylic acids is 1. The van der Waals surface area contributed by atoms with Crippen LogP contribution in [-0.4, -0.2) is 29.8 Å². The Bertz CT molecular complexity index is 398. The summed E-state index contributed by atoms with van der Waals surface area (Å²) >= 11 is 0. The average Bonchev–Trinajstić information content (AvgIpc) is 2.39. The van der Waals surface area contributed by atoms with Gasteiger partial charge in [0.2, 0.25) is 5.91 Å². The first-order valence-corrected chi connectivity index (χ1v) is 6.67. The minimum Gasteiger partial charge on any atom is -0.494 e. The second kappa shape index (κ2) is 7.14. The van der Waals surface area contributed by atoms with Gasteiger partial charge in [-0.05, 0) is 38.0 Å². The molecule has 106 valence electrons. The SMILES string of the molecule is CCOc1ccc(CC(=O)NCC(C)(O)CC)cc1. The Kier molecular flexibility index (Phi) is 5.83. The van der Waals surface area contributed by atoms with Crippen molar-refractivity contribution >= 4 is 5.91 Å². The van der Waals surface area contributed by atoms with Crippen molar-refractivity contribution in [2.24, 2.45) is 0 Å². The summed E-state index contributed by atoms with van der Waals surface area (Å²) in [7, 11) is 0. The van der Waals surface area contributed by atoms with Crippen LogP contribution in [-0.2, 0) is 11.2 Å². The van der Waals surface area contributed by atoms with Crippen LogP contribution in [0.5, 0.6) is 5.75 Å². The van der Waals surface area contributed by atoms with Gasteiger partial charge in [0.25, 0.3) is 0 Å². The summed E-state index contributed by atoms with van der Waals surface area (Å²) in [4.78, 5) is 11.7. The Hall–Kier alpha value is -1.55. The number of aliphatic hydroxyl groups is 1. The van der Waals surface area contributed by atoms with E-state index >= 15 is 0 Å². The molecule has 19 heavy (non-hydrogen) atoms. The van der Waals surface area contributed by atoms with Crippen LogP contribution >= 0.6 is 0 Å². The molecule has 1 amide bonds. The van der Waals surface area contributed by atoms with Crippen LogP contribution in [0.15, 0.2) is 24.3 Å². The van der Waals surface area contributed by atoms with Crippen molar-refractivity contribution in [1.82, 2.24) is 5.32 Å². The lowest BCUT2D eigenvalue weighted by atomic mass is 10.0. The molecule has 0 spiro atoms. The average molecular weight is 265 g/mol. The molecule has 0 heterocycles. The molecule has 0 radical (unpaired) electrons. The lowest BCUT2D eigenvalue weighted by Gasteiger charge is -2.21. The summed E-state index contributed by atoms with van der Waals surface area (Å²) in [6.07, 6.45) is 0.919. The molecule has 0 aromatic heterocycles. The third kappa shape index (κ3) is 5.75.